The molecule has 0 spiro atoms. The third kappa shape index (κ3) is 4.89. The first-order chi connectivity index (χ1) is 15.2. The molecule has 0 fully saturated rings. The molecule has 166 valence electrons. The second-order valence-corrected chi connectivity index (χ2v) is 10.8. The van der Waals surface area contributed by atoms with E-state index >= 15 is 0 Å². The van der Waals surface area contributed by atoms with E-state index in [2.05, 4.69) is 31.4 Å². The second kappa shape index (κ2) is 9.08. The van der Waals surface area contributed by atoms with Crippen molar-refractivity contribution >= 4 is 45.4 Å². The third-order valence-corrected chi connectivity index (χ3v) is 7.50. The number of benzene rings is 2. The van der Waals surface area contributed by atoms with Crippen molar-refractivity contribution in [3.05, 3.63) is 81.2 Å². The lowest BCUT2D eigenvalue weighted by molar-refractivity contribution is 0.102. The zero-order valence-electron chi connectivity index (χ0n) is 18.5. The van der Waals surface area contributed by atoms with E-state index in [4.69, 9.17) is 11.6 Å². The highest BCUT2D eigenvalue weighted by atomic mass is 35.5. The minimum atomic E-state index is -0.211. The molecule has 6 heteroatoms. The van der Waals surface area contributed by atoms with Crippen LogP contribution in [0.4, 0.5) is 10.7 Å². The first-order valence-electron chi connectivity index (χ1n) is 10.8. The fraction of sp³-hybridized carbons (Fsp3) is 0.308. The fourth-order valence-electron chi connectivity index (χ4n) is 4.15. The van der Waals surface area contributed by atoms with Gasteiger partial charge in [0.15, 0.2) is 0 Å². The van der Waals surface area contributed by atoms with Gasteiger partial charge in [0.25, 0.3) is 11.8 Å². The van der Waals surface area contributed by atoms with E-state index in [1.54, 1.807) is 36.4 Å². The summed E-state index contributed by atoms with van der Waals surface area (Å²) < 4.78 is 0. The number of hydrogen-bond acceptors (Lipinski definition) is 3. The smallest absolute Gasteiger partial charge is 0.258 e. The van der Waals surface area contributed by atoms with Crippen LogP contribution in [0.1, 0.15) is 58.3 Å². The van der Waals surface area contributed by atoms with E-state index in [1.165, 1.54) is 16.2 Å². The summed E-state index contributed by atoms with van der Waals surface area (Å²) in [4.78, 5) is 27.4. The SMILES string of the molecule is CC(C)(C)[C@@H]1CCc2c(sc(NC(=O)c3ccccc3)c2C(=O)Nc2ccc(Cl)cc2)C1. The Morgan fingerprint density at radius 1 is 0.969 bits per heavy atom. The molecule has 4 rings (SSSR count). The molecule has 4 nitrogen and oxygen atoms in total. The Morgan fingerprint density at radius 2 is 1.66 bits per heavy atom. The Balaban J connectivity index is 1.68. The number of amides is 2. The minimum Gasteiger partial charge on any atom is -0.322 e. The van der Waals surface area contributed by atoms with Gasteiger partial charge in [-0.05, 0) is 72.6 Å². The normalized spacial score (nSPS) is 15.7. The summed E-state index contributed by atoms with van der Waals surface area (Å²) in [6.45, 7) is 6.80. The number of anilines is 2. The van der Waals surface area contributed by atoms with Gasteiger partial charge in [0.05, 0.1) is 5.56 Å². The highest BCUT2D eigenvalue weighted by Crippen LogP contribution is 2.44. The van der Waals surface area contributed by atoms with Gasteiger partial charge >= 0.3 is 0 Å². The summed E-state index contributed by atoms with van der Waals surface area (Å²) in [5.74, 6) is 0.123. The third-order valence-electron chi connectivity index (χ3n) is 6.08. The van der Waals surface area contributed by atoms with Gasteiger partial charge in [-0.2, -0.15) is 0 Å². The zero-order valence-corrected chi connectivity index (χ0v) is 20.1. The van der Waals surface area contributed by atoms with E-state index in [0.29, 0.717) is 32.8 Å². The predicted octanol–water partition coefficient (Wildman–Crippen LogP) is 7.06. The average molecular weight is 467 g/mol. The molecule has 2 aromatic carbocycles. The highest BCUT2D eigenvalue weighted by molar-refractivity contribution is 7.17. The van der Waals surface area contributed by atoms with Crippen molar-refractivity contribution in [2.24, 2.45) is 11.3 Å². The summed E-state index contributed by atoms with van der Waals surface area (Å²) >= 11 is 7.51. The molecule has 0 radical (unpaired) electrons. The lowest BCUT2D eigenvalue weighted by Crippen LogP contribution is -2.27. The van der Waals surface area contributed by atoms with Crippen LogP contribution in [0.2, 0.25) is 5.02 Å². The summed E-state index contributed by atoms with van der Waals surface area (Å²) in [5.41, 5.74) is 3.07. The summed E-state index contributed by atoms with van der Waals surface area (Å²) in [6.07, 6.45) is 2.78. The molecule has 0 aliphatic heterocycles. The number of rotatable bonds is 4. The molecule has 0 saturated carbocycles. The largest absolute Gasteiger partial charge is 0.322 e. The van der Waals surface area contributed by atoms with Crippen LogP contribution in [0.5, 0.6) is 0 Å². The Labute approximate surface area is 198 Å². The van der Waals surface area contributed by atoms with E-state index in [1.807, 2.05) is 18.2 Å². The molecule has 3 aromatic rings. The number of halogens is 1. The van der Waals surface area contributed by atoms with E-state index in [9.17, 15) is 9.59 Å². The molecule has 2 amide bonds. The van der Waals surface area contributed by atoms with Gasteiger partial charge in [-0.3, -0.25) is 9.59 Å². The molecule has 0 saturated heterocycles. The number of thiophene rings is 1. The lowest BCUT2D eigenvalue weighted by Gasteiger charge is -2.33. The average Bonchev–Trinajstić information content (AvgIpc) is 3.12. The first-order valence-corrected chi connectivity index (χ1v) is 12.0. The van der Waals surface area contributed by atoms with Crippen molar-refractivity contribution in [3.8, 4) is 0 Å². The molecule has 0 unspecified atom stereocenters. The Kier molecular flexibility index (Phi) is 6.40. The summed E-state index contributed by atoms with van der Waals surface area (Å²) in [7, 11) is 0. The molecule has 1 aliphatic rings. The fourth-order valence-corrected chi connectivity index (χ4v) is 5.59. The number of carbonyl (C=O) groups excluding carboxylic acids is 2. The molecule has 1 heterocycles. The maximum Gasteiger partial charge on any atom is 0.258 e. The summed E-state index contributed by atoms with van der Waals surface area (Å²) in [5, 5.41) is 7.21. The second-order valence-electron chi connectivity index (χ2n) is 9.29. The van der Waals surface area contributed by atoms with Crippen LogP contribution >= 0.6 is 22.9 Å². The molecular weight excluding hydrogens is 440 g/mol. The standard InChI is InChI=1S/C26H27ClN2O2S/c1-26(2,3)17-9-14-20-21(15-17)32-25(29-23(30)16-7-5-4-6-8-16)22(20)24(31)28-19-12-10-18(27)11-13-19/h4-8,10-13,17H,9,14-15H2,1-3H3,(H,28,31)(H,29,30)/t17-/m1/s1. The van der Waals surface area contributed by atoms with Crippen molar-refractivity contribution in [2.45, 2.75) is 40.0 Å². The van der Waals surface area contributed by atoms with Crippen molar-refractivity contribution in [1.29, 1.82) is 0 Å². The monoisotopic (exact) mass is 466 g/mol. The number of nitrogens with one attached hydrogen (secondary N) is 2. The van der Waals surface area contributed by atoms with Gasteiger partial charge in [-0.1, -0.05) is 50.6 Å². The topological polar surface area (TPSA) is 58.2 Å². The van der Waals surface area contributed by atoms with Gasteiger partial charge < -0.3 is 10.6 Å². The van der Waals surface area contributed by atoms with E-state index in [-0.39, 0.29) is 17.2 Å². The molecule has 1 aliphatic carbocycles. The van der Waals surface area contributed by atoms with Crippen LogP contribution in [0.15, 0.2) is 54.6 Å². The van der Waals surface area contributed by atoms with E-state index < -0.39 is 0 Å². The number of hydrogen-bond donors (Lipinski definition) is 2. The van der Waals surface area contributed by atoms with Crippen molar-refractivity contribution in [1.82, 2.24) is 0 Å². The minimum absolute atomic E-state index is 0.195. The maximum atomic E-state index is 13.4. The Bertz CT molecular complexity index is 1130. The van der Waals surface area contributed by atoms with Crippen molar-refractivity contribution in [3.63, 3.8) is 0 Å². The maximum absolute atomic E-state index is 13.4. The zero-order chi connectivity index (χ0) is 22.9. The van der Waals surface area contributed by atoms with Crippen LogP contribution in [0.3, 0.4) is 0 Å². The Morgan fingerprint density at radius 3 is 2.31 bits per heavy atom. The molecule has 32 heavy (non-hydrogen) atoms. The molecular formula is C26H27ClN2O2S. The lowest BCUT2D eigenvalue weighted by atomic mass is 9.72. The van der Waals surface area contributed by atoms with E-state index in [0.717, 1.165) is 24.8 Å². The number of carbonyl (C=O) groups is 2. The van der Waals surface area contributed by atoms with Gasteiger partial charge in [0, 0.05) is 21.2 Å². The molecule has 2 N–H and O–H groups in total. The van der Waals surface area contributed by atoms with Crippen LogP contribution in [0.25, 0.3) is 0 Å². The van der Waals surface area contributed by atoms with Crippen LogP contribution in [-0.4, -0.2) is 11.8 Å². The van der Waals surface area contributed by atoms with Crippen molar-refractivity contribution in [2.75, 3.05) is 10.6 Å². The molecule has 1 aromatic heterocycles. The summed E-state index contributed by atoms with van der Waals surface area (Å²) in [6, 6.07) is 16.1. The highest BCUT2D eigenvalue weighted by Gasteiger charge is 2.34. The van der Waals surface area contributed by atoms with Gasteiger partial charge in [0.1, 0.15) is 5.00 Å². The van der Waals surface area contributed by atoms with Gasteiger partial charge in [-0.15, -0.1) is 11.3 Å². The first kappa shape index (κ1) is 22.6. The quantitative estimate of drug-likeness (QED) is 0.432. The van der Waals surface area contributed by atoms with Gasteiger partial charge in [-0.25, -0.2) is 0 Å². The molecule has 1 atom stereocenters. The predicted molar refractivity (Wildman–Crippen MR) is 133 cm³/mol. The van der Waals surface area contributed by atoms with Crippen LogP contribution in [-0.2, 0) is 12.8 Å². The Hall–Kier alpha value is -2.63. The van der Waals surface area contributed by atoms with Crippen LogP contribution < -0.4 is 10.6 Å². The molecule has 0 bridgehead atoms. The number of fused-ring (bicyclic) bond motifs is 1. The van der Waals surface area contributed by atoms with Gasteiger partial charge in [0.2, 0.25) is 0 Å². The van der Waals surface area contributed by atoms with Crippen LogP contribution in [0, 0.1) is 11.3 Å². The van der Waals surface area contributed by atoms with Crippen molar-refractivity contribution < 1.29 is 9.59 Å².